The summed E-state index contributed by atoms with van der Waals surface area (Å²) in [5.41, 5.74) is 5.16. The van der Waals surface area contributed by atoms with Crippen LogP contribution < -0.4 is 10.1 Å². The van der Waals surface area contributed by atoms with Crippen molar-refractivity contribution in [3.8, 4) is 22.8 Å². The Balaban J connectivity index is 1.19. The van der Waals surface area contributed by atoms with Crippen LogP contribution in [0.1, 0.15) is 37.5 Å². The summed E-state index contributed by atoms with van der Waals surface area (Å²) in [6.45, 7) is 2.97. The van der Waals surface area contributed by atoms with Crippen LogP contribution in [0.25, 0.3) is 33.3 Å². The predicted molar refractivity (Wildman–Crippen MR) is 135 cm³/mol. The standard InChI is InChI=1S/C26H24ClN7O/c1-15-31-19-3-2-18(10-21(19)32-15)35-23-5-4-20-25(24(23)27)33-22(13-28-20)16-12-30-34(14-16)17-6-9-29-26(11-17)7-8-26/h2-5,10,12-14,17,29H,6-9,11H2,1H3,(H,31,32). The molecule has 5 aromatic rings. The van der Waals surface area contributed by atoms with Crippen LogP contribution in [0.4, 0.5) is 0 Å². The average Bonchev–Trinajstić information content (AvgIpc) is 3.27. The van der Waals surface area contributed by atoms with E-state index in [0.29, 0.717) is 39.1 Å². The van der Waals surface area contributed by atoms with Gasteiger partial charge >= 0.3 is 0 Å². The van der Waals surface area contributed by atoms with Gasteiger partial charge < -0.3 is 15.0 Å². The van der Waals surface area contributed by atoms with Gasteiger partial charge in [0.2, 0.25) is 0 Å². The molecule has 2 fully saturated rings. The first kappa shape index (κ1) is 20.8. The smallest absolute Gasteiger partial charge is 0.148 e. The molecule has 2 N–H and O–H groups in total. The fourth-order valence-electron chi connectivity index (χ4n) is 5.11. The summed E-state index contributed by atoms with van der Waals surface area (Å²) < 4.78 is 8.21. The first-order valence-corrected chi connectivity index (χ1v) is 12.3. The Labute approximate surface area is 206 Å². The number of benzene rings is 2. The van der Waals surface area contributed by atoms with Crippen molar-refractivity contribution in [1.82, 2.24) is 35.0 Å². The lowest BCUT2D eigenvalue weighted by atomic mass is 9.98. The van der Waals surface area contributed by atoms with Crippen molar-refractivity contribution in [2.75, 3.05) is 6.54 Å². The molecule has 7 rings (SSSR count). The fraction of sp³-hybridized carbons (Fsp3) is 0.308. The van der Waals surface area contributed by atoms with E-state index in [2.05, 4.69) is 36.2 Å². The molecule has 2 aliphatic rings. The summed E-state index contributed by atoms with van der Waals surface area (Å²) in [6.07, 6.45) is 10.5. The van der Waals surface area contributed by atoms with E-state index in [1.807, 2.05) is 43.5 Å². The topological polar surface area (TPSA) is 93.5 Å². The molecule has 1 aliphatic carbocycles. The van der Waals surface area contributed by atoms with Gasteiger partial charge in [0.05, 0.1) is 40.7 Å². The molecule has 4 heterocycles. The Hall–Kier alpha value is -3.49. The number of aryl methyl sites for hydroxylation is 1. The second-order valence-electron chi connectivity index (χ2n) is 9.67. The number of H-pyrrole nitrogens is 1. The van der Waals surface area contributed by atoms with Crippen LogP contribution in [0.3, 0.4) is 0 Å². The van der Waals surface area contributed by atoms with Gasteiger partial charge in [0.1, 0.15) is 27.9 Å². The van der Waals surface area contributed by atoms with Gasteiger partial charge in [-0.05, 0) is 63.4 Å². The molecule has 1 saturated carbocycles. The van der Waals surface area contributed by atoms with E-state index < -0.39 is 0 Å². The minimum absolute atomic E-state index is 0.350. The number of nitrogens with zero attached hydrogens (tertiary/aromatic N) is 5. The van der Waals surface area contributed by atoms with Gasteiger partial charge in [-0.2, -0.15) is 5.10 Å². The zero-order valence-corrected chi connectivity index (χ0v) is 20.0. The highest BCUT2D eigenvalue weighted by atomic mass is 35.5. The van der Waals surface area contributed by atoms with Crippen molar-refractivity contribution in [2.24, 2.45) is 0 Å². The van der Waals surface area contributed by atoms with Crippen LogP contribution in [0.5, 0.6) is 11.5 Å². The van der Waals surface area contributed by atoms with E-state index in [1.54, 1.807) is 6.20 Å². The van der Waals surface area contributed by atoms with Crippen molar-refractivity contribution in [2.45, 2.75) is 44.2 Å². The molecule has 0 amide bonds. The predicted octanol–water partition coefficient (Wildman–Crippen LogP) is 5.58. The zero-order chi connectivity index (χ0) is 23.6. The van der Waals surface area contributed by atoms with E-state index in [9.17, 15) is 0 Å². The first-order chi connectivity index (χ1) is 17.1. The SMILES string of the molecule is Cc1nc2ccc(Oc3ccc4ncc(-c5cnn(C6CCNC7(CC7)C6)c5)nc4c3Cl)cc2[nH]1. The van der Waals surface area contributed by atoms with Gasteiger partial charge in [0, 0.05) is 23.4 Å². The van der Waals surface area contributed by atoms with Gasteiger partial charge in [0.25, 0.3) is 0 Å². The van der Waals surface area contributed by atoms with Crippen LogP contribution in [0.2, 0.25) is 5.02 Å². The second kappa shape index (κ2) is 7.76. The maximum Gasteiger partial charge on any atom is 0.148 e. The molecule has 8 nitrogen and oxygen atoms in total. The Bertz CT molecular complexity index is 1590. The third-order valence-electron chi connectivity index (χ3n) is 7.15. The quantitative estimate of drug-likeness (QED) is 0.345. The van der Waals surface area contributed by atoms with E-state index in [-0.39, 0.29) is 0 Å². The van der Waals surface area contributed by atoms with E-state index >= 15 is 0 Å². The van der Waals surface area contributed by atoms with Crippen molar-refractivity contribution in [3.63, 3.8) is 0 Å². The minimum atomic E-state index is 0.350. The van der Waals surface area contributed by atoms with Gasteiger partial charge in [-0.15, -0.1) is 0 Å². The molecule has 1 aliphatic heterocycles. The number of halogens is 1. The van der Waals surface area contributed by atoms with E-state index in [0.717, 1.165) is 47.5 Å². The van der Waals surface area contributed by atoms with Crippen LogP contribution in [0, 0.1) is 6.92 Å². The summed E-state index contributed by atoms with van der Waals surface area (Å²) in [6, 6.07) is 9.84. The van der Waals surface area contributed by atoms with Gasteiger partial charge in [-0.25, -0.2) is 9.97 Å². The molecular weight excluding hydrogens is 462 g/mol. The van der Waals surface area contributed by atoms with E-state index in [1.165, 1.54) is 12.8 Å². The number of fused-ring (bicyclic) bond motifs is 2. The minimum Gasteiger partial charge on any atom is -0.456 e. The molecule has 1 spiro atoms. The first-order valence-electron chi connectivity index (χ1n) is 11.9. The van der Waals surface area contributed by atoms with Crippen LogP contribution in [-0.4, -0.2) is 41.8 Å². The van der Waals surface area contributed by atoms with Crippen molar-refractivity contribution in [1.29, 1.82) is 0 Å². The second-order valence-corrected chi connectivity index (χ2v) is 10.0. The number of rotatable bonds is 4. The third kappa shape index (κ3) is 3.73. The Morgan fingerprint density at radius 2 is 2.00 bits per heavy atom. The highest BCUT2D eigenvalue weighted by molar-refractivity contribution is 6.36. The van der Waals surface area contributed by atoms with Crippen molar-refractivity contribution >= 4 is 33.7 Å². The molecule has 176 valence electrons. The lowest BCUT2D eigenvalue weighted by molar-refractivity contribution is 0.271. The number of imidazole rings is 1. The molecule has 1 atom stereocenters. The number of nitrogens with one attached hydrogen (secondary N) is 2. The molecular formula is C26H24ClN7O. The lowest BCUT2D eigenvalue weighted by Gasteiger charge is -2.30. The normalized spacial score (nSPS) is 19.0. The average molecular weight is 486 g/mol. The van der Waals surface area contributed by atoms with Gasteiger partial charge in [0.15, 0.2) is 0 Å². The highest BCUT2D eigenvalue weighted by Gasteiger charge is 2.46. The molecule has 3 aromatic heterocycles. The monoisotopic (exact) mass is 485 g/mol. The lowest BCUT2D eigenvalue weighted by Crippen LogP contribution is -2.40. The maximum atomic E-state index is 6.76. The Morgan fingerprint density at radius 3 is 2.89 bits per heavy atom. The highest BCUT2D eigenvalue weighted by Crippen LogP contribution is 2.45. The van der Waals surface area contributed by atoms with Crippen LogP contribution in [-0.2, 0) is 0 Å². The molecule has 35 heavy (non-hydrogen) atoms. The van der Waals surface area contributed by atoms with Crippen molar-refractivity contribution in [3.05, 3.63) is 59.8 Å². The summed E-state index contributed by atoms with van der Waals surface area (Å²) in [5.74, 6) is 2.06. The number of aromatic nitrogens is 6. The van der Waals surface area contributed by atoms with Gasteiger partial charge in [-0.1, -0.05) is 11.6 Å². The number of hydrogen-bond acceptors (Lipinski definition) is 6. The number of piperidine rings is 1. The van der Waals surface area contributed by atoms with Gasteiger partial charge in [-0.3, -0.25) is 9.67 Å². The molecule has 0 radical (unpaired) electrons. The van der Waals surface area contributed by atoms with Crippen LogP contribution in [0.15, 0.2) is 48.9 Å². The number of hydrogen-bond donors (Lipinski definition) is 2. The zero-order valence-electron chi connectivity index (χ0n) is 19.3. The largest absolute Gasteiger partial charge is 0.456 e. The Morgan fingerprint density at radius 1 is 1.11 bits per heavy atom. The molecule has 0 bridgehead atoms. The van der Waals surface area contributed by atoms with E-state index in [4.69, 9.17) is 21.3 Å². The molecule has 1 unspecified atom stereocenters. The summed E-state index contributed by atoms with van der Waals surface area (Å²) in [4.78, 5) is 17.1. The van der Waals surface area contributed by atoms with Crippen molar-refractivity contribution < 1.29 is 4.74 Å². The third-order valence-corrected chi connectivity index (χ3v) is 7.51. The molecule has 1 saturated heterocycles. The molecule has 9 heteroatoms. The summed E-state index contributed by atoms with van der Waals surface area (Å²) in [5, 5.41) is 8.77. The maximum absolute atomic E-state index is 6.76. The van der Waals surface area contributed by atoms with Crippen LogP contribution >= 0.6 is 11.6 Å². The number of aromatic amines is 1. The fourth-order valence-corrected chi connectivity index (χ4v) is 5.35. The number of ether oxygens (including phenoxy) is 1. The Kier molecular flexibility index (Phi) is 4.62. The summed E-state index contributed by atoms with van der Waals surface area (Å²) >= 11 is 6.76. The summed E-state index contributed by atoms with van der Waals surface area (Å²) in [7, 11) is 0. The molecule has 2 aromatic carbocycles.